The third-order valence-electron chi connectivity index (χ3n) is 4.57. The van der Waals surface area contributed by atoms with Crippen molar-refractivity contribution in [3.05, 3.63) is 0 Å². The molecule has 2 heteroatoms. The largest absolute Gasteiger partial charge is 0.353 e. The highest BCUT2D eigenvalue weighted by Crippen LogP contribution is 2.55. The number of hydrogen-bond acceptors (Lipinski definition) is 2. The standard InChI is InChI=1S/C12H20O2/c1-2-13-12-6-10-8-3-4-9(5-8)11(10)7-14-12/h8-12H,2-7H2,1H3/t8-,9+,10-,11+,12+/m0/s1. The number of rotatable bonds is 2. The minimum Gasteiger partial charge on any atom is -0.353 e. The predicted molar refractivity (Wildman–Crippen MR) is 53.8 cm³/mol. The van der Waals surface area contributed by atoms with E-state index in [0.717, 1.165) is 36.9 Å². The second kappa shape index (κ2) is 3.49. The molecule has 3 aliphatic rings. The molecule has 0 aromatic rings. The van der Waals surface area contributed by atoms with E-state index in [9.17, 15) is 0 Å². The summed E-state index contributed by atoms with van der Waals surface area (Å²) in [5.74, 6) is 3.81. The minimum absolute atomic E-state index is 0.112. The first-order valence-electron chi connectivity index (χ1n) is 6.11. The molecule has 3 rings (SSSR count). The zero-order valence-corrected chi connectivity index (χ0v) is 8.95. The van der Waals surface area contributed by atoms with Crippen LogP contribution in [0.3, 0.4) is 0 Å². The molecular weight excluding hydrogens is 176 g/mol. The Balaban J connectivity index is 1.66. The minimum atomic E-state index is 0.112. The maximum Gasteiger partial charge on any atom is 0.157 e. The Morgan fingerprint density at radius 3 is 2.71 bits per heavy atom. The molecule has 0 radical (unpaired) electrons. The first kappa shape index (κ1) is 9.17. The summed E-state index contributed by atoms with van der Waals surface area (Å²) in [6.07, 6.45) is 5.71. The molecule has 0 aromatic heterocycles. The monoisotopic (exact) mass is 196 g/mol. The van der Waals surface area contributed by atoms with Gasteiger partial charge in [0.15, 0.2) is 6.29 Å². The maximum absolute atomic E-state index is 5.76. The van der Waals surface area contributed by atoms with Crippen LogP contribution in [0.4, 0.5) is 0 Å². The Hall–Kier alpha value is -0.0800. The van der Waals surface area contributed by atoms with Crippen LogP contribution < -0.4 is 0 Å². The summed E-state index contributed by atoms with van der Waals surface area (Å²) < 4.78 is 11.3. The third kappa shape index (κ3) is 1.31. The van der Waals surface area contributed by atoms with Crippen LogP contribution in [0.2, 0.25) is 0 Å². The molecule has 2 bridgehead atoms. The zero-order chi connectivity index (χ0) is 9.54. The molecule has 5 atom stereocenters. The van der Waals surface area contributed by atoms with Gasteiger partial charge in [-0.1, -0.05) is 0 Å². The number of hydrogen-bond donors (Lipinski definition) is 0. The second-order valence-corrected chi connectivity index (χ2v) is 5.11. The second-order valence-electron chi connectivity index (χ2n) is 5.11. The third-order valence-corrected chi connectivity index (χ3v) is 4.57. The lowest BCUT2D eigenvalue weighted by molar-refractivity contribution is -0.194. The highest BCUT2D eigenvalue weighted by Gasteiger charge is 2.50. The molecule has 80 valence electrons. The van der Waals surface area contributed by atoms with Gasteiger partial charge in [-0.05, 0) is 49.9 Å². The van der Waals surface area contributed by atoms with Gasteiger partial charge in [0.2, 0.25) is 0 Å². The SMILES string of the molecule is CCO[C@H]1C[C@H]2[C@H]3CC[C@H](C3)[C@H]2CO1. The normalized spacial score (nSPS) is 50.8. The van der Waals surface area contributed by atoms with Crippen molar-refractivity contribution in [1.82, 2.24) is 0 Å². The van der Waals surface area contributed by atoms with Gasteiger partial charge in [-0.3, -0.25) is 0 Å². The summed E-state index contributed by atoms with van der Waals surface area (Å²) in [5, 5.41) is 0. The van der Waals surface area contributed by atoms with Crippen LogP contribution in [0.1, 0.15) is 32.6 Å². The van der Waals surface area contributed by atoms with E-state index in [1.165, 1.54) is 25.7 Å². The first-order chi connectivity index (χ1) is 6.88. The molecule has 2 saturated carbocycles. The fourth-order valence-electron chi connectivity index (χ4n) is 3.97. The Morgan fingerprint density at radius 2 is 1.93 bits per heavy atom. The van der Waals surface area contributed by atoms with Crippen LogP contribution in [0.25, 0.3) is 0 Å². The molecular formula is C12H20O2. The zero-order valence-electron chi connectivity index (χ0n) is 8.95. The average molecular weight is 196 g/mol. The van der Waals surface area contributed by atoms with Crippen molar-refractivity contribution >= 4 is 0 Å². The van der Waals surface area contributed by atoms with Gasteiger partial charge < -0.3 is 9.47 Å². The molecule has 1 aliphatic heterocycles. The topological polar surface area (TPSA) is 18.5 Å². The molecule has 2 aliphatic carbocycles. The number of fused-ring (bicyclic) bond motifs is 5. The molecule has 14 heavy (non-hydrogen) atoms. The van der Waals surface area contributed by atoms with Gasteiger partial charge in [0.05, 0.1) is 6.61 Å². The fourth-order valence-corrected chi connectivity index (χ4v) is 3.97. The van der Waals surface area contributed by atoms with Crippen LogP contribution in [0, 0.1) is 23.7 Å². The molecule has 0 aromatic carbocycles. The van der Waals surface area contributed by atoms with Crippen LogP contribution >= 0.6 is 0 Å². The van der Waals surface area contributed by atoms with Crippen LogP contribution in [0.15, 0.2) is 0 Å². The average Bonchev–Trinajstić information content (AvgIpc) is 2.78. The van der Waals surface area contributed by atoms with Crippen molar-refractivity contribution in [2.75, 3.05) is 13.2 Å². The molecule has 3 fully saturated rings. The smallest absolute Gasteiger partial charge is 0.157 e. The molecule has 1 heterocycles. The summed E-state index contributed by atoms with van der Waals surface area (Å²) in [5.41, 5.74) is 0. The molecule has 2 nitrogen and oxygen atoms in total. The van der Waals surface area contributed by atoms with Crippen molar-refractivity contribution in [1.29, 1.82) is 0 Å². The molecule has 0 N–H and O–H groups in total. The van der Waals surface area contributed by atoms with Crippen LogP contribution in [0.5, 0.6) is 0 Å². The highest BCUT2D eigenvalue weighted by atomic mass is 16.7. The van der Waals surface area contributed by atoms with Crippen molar-refractivity contribution in [3.63, 3.8) is 0 Å². The van der Waals surface area contributed by atoms with E-state index in [1.807, 2.05) is 0 Å². The van der Waals surface area contributed by atoms with E-state index in [1.54, 1.807) is 0 Å². The van der Waals surface area contributed by atoms with E-state index >= 15 is 0 Å². The van der Waals surface area contributed by atoms with E-state index in [0.29, 0.717) is 0 Å². The summed E-state index contributed by atoms with van der Waals surface area (Å²) in [6, 6.07) is 0. The number of ether oxygens (including phenoxy) is 2. The summed E-state index contributed by atoms with van der Waals surface area (Å²) in [6.45, 7) is 3.81. The van der Waals surface area contributed by atoms with Crippen LogP contribution in [-0.4, -0.2) is 19.5 Å². The maximum atomic E-state index is 5.76. The van der Waals surface area contributed by atoms with Crippen molar-refractivity contribution in [3.8, 4) is 0 Å². The molecule has 0 unspecified atom stereocenters. The van der Waals surface area contributed by atoms with Gasteiger partial charge in [-0.25, -0.2) is 0 Å². The quantitative estimate of drug-likeness (QED) is 0.675. The van der Waals surface area contributed by atoms with Crippen molar-refractivity contribution in [2.24, 2.45) is 23.7 Å². The van der Waals surface area contributed by atoms with Gasteiger partial charge in [0.25, 0.3) is 0 Å². The van der Waals surface area contributed by atoms with Crippen molar-refractivity contribution in [2.45, 2.75) is 38.9 Å². The van der Waals surface area contributed by atoms with Gasteiger partial charge in [-0.15, -0.1) is 0 Å². The van der Waals surface area contributed by atoms with E-state index < -0.39 is 0 Å². The van der Waals surface area contributed by atoms with Crippen LogP contribution in [-0.2, 0) is 9.47 Å². The lowest BCUT2D eigenvalue weighted by Gasteiger charge is -2.38. The van der Waals surface area contributed by atoms with Gasteiger partial charge in [0.1, 0.15) is 0 Å². The fraction of sp³-hybridized carbons (Fsp3) is 1.00. The predicted octanol–water partition coefficient (Wildman–Crippen LogP) is 2.43. The summed E-state index contributed by atoms with van der Waals surface area (Å²) >= 11 is 0. The summed E-state index contributed by atoms with van der Waals surface area (Å²) in [7, 11) is 0. The van der Waals surface area contributed by atoms with Crippen molar-refractivity contribution < 1.29 is 9.47 Å². The van der Waals surface area contributed by atoms with Gasteiger partial charge in [0, 0.05) is 13.0 Å². The summed E-state index contributed by atoms with van der Waals surface area (Å²) in [4.78, 5) is 0. The Kier molecular flexibility index (Phi) is 2.29. The van der Waals surface area contributed by atoms with Gasteiger partial charge in [-0.2, -0.15) is 0 Å². The van der Waals surface area contributed by atoms with Gasteiger partial charge >= 0.3 is 0 Å². The Morgan fingerprint density at radius 1 is 1.14 bits per heavy atom. The molecule has 0 amide bonds. The lowest BCUT2D eigenvalue weighted by Crippen LogP contribution is -2.38. The lowest BCUT2D eigenvalue weighted by atomic mass is 9.76. The molecule has 1 saturated heterocycles. The van der Waals surface area contributed by atoms with E-state index in [2.05, 4.69) is 6.92 Å². The van der Waals surface area contributed by atoms with E-state index in [-0.39, 0.29) is 6.29 Å². The Bertz CT molecular complexity index is 216. The first-order valence-corrected chi connectivity index (χ1v) is 6.11. The Labute approximate surface area is 86.0 Å². The van der Waals surface area contributed by atoms with E-state index in [4.69, 9.17) is 9.47 Å². The highest BCUT2D eigenvalue weighted by molar-refractivity contribution is 4.98. The molecule has 0 spiro atoms.